The van der Waals surface area contributed by atoms with Crippen molar-refractivity contribution in [2.45, 2.75) is 13.8 Å². The average Bonchev–Trinajstić information content (AvgIpc) is 2.76. The lowest BCUT2D eigenvalue weighted by Gasteiger charge is -2.16. The predicted molar refractivity (Wildman–Crippen MR) is 112 cm³/mol. The number of rotatable bonds is 16. The largest absolute Gasteiger partial charge is 0.488 e. The molecule has 0 aliphatic rings. The van der Waals surface area contributed by atoms with Crippen molar-refractivity contribution >= 4 is 23.2 Å². The van der Waals surface area contributed by atoms with Crippen molar-refractivity contribution < 1.29 is 28.4 Å². The molecule has 10 heteroatoms. The molecule has 0 fully saturated rings. The van der Waals surface area contributed by atoms with Crippen LogP contribution >= 0.6 is 23.2 Å². The first-order valence-corrected chi connectivity index (χ1v) is 10.3. The van der Waals surface area contributed by atoms with Crippen LogP contribution in [0.25, 0.3) is 0 Å². The maximum absolute atomic E-state index is 9.54. The number of nitrogens with zero attached hydrogens (tertiary/aromatic N) is 2. The van der Waals surface area contributed by atoms with E-state index in [0.717, 1.165) is 0 Å². The van der Waals surface area contributed by atoms with E-state index in [1.54, 1.807) is 0 Å². The van der Waals surface area contributed by atoms with Crippen LogP contribution in [0.5, 0.6) is 11.5 Å². The predicted octanol–water partition coefficient (Wildman–Crippen LogP) is 3.60. The molecule has 0 amide bonds. The second-order valence-corrected chi connectivity index (χ2v) is 6.33. The Labute approximate surface area is 187 Å². The quantitative estimate of drug-likeness (QED) is 0.344. The monoisotopic (exact) mass is 460 g/mol. The second kappa shape index (κ2) is 16.0. The van der Waals surface area contributed by atoms with Crippen molar-refractivity contribution in [2.75, 3.05) is 66.1 Å². The van der Waals surface area contributed by atoms with Crippen LogP contribution in [0.2, 0.25) is 10.0 Å². The molecular formula is C20H26Cl2N2O6. The summed E-state index contributed by atoms with van der Waals surface area (Å²) in [5, 5.41) is 19.1. The Hall–Kier alpha value is -1.78. The normalized spacial score (nSPS) is 10.5. The van der Waals surface area contributed by atoms with Gasteiger partial charge in [0.1, 0.15) is 46.5 Å². The molecule has 8 nitrogen and oxygen atoms in total. The molecule has 0 saturated carbocycles. The number of benzene rings is 1. The molecule has 0 radical (unpaired) electrons. The molecule has 0 N–H and O–H groups in total. The zero-order valence-electron chi connectivity index (χ0n) is 17.2. The molecule has 0 atom stereocenters. The molecule has 0 aliphatic heterocycles. The smallest absolute Gasteiger partial charge is 0.158 e. The van der Waals surface area contributed by atoms with E-state index in [-0.39, 0.29) is 59.1 Å². The molecule has 1 rings (SSSR count). The average molecular weight is 461 g/mol. The Morgan fingerprint density at radius 1 is 0.600 bits per heavy atom. The molecule has 30 heavy (non-hydrogen) atoms. The summed E-state index contributed by atoms with van der Waals surface area (Å²) in [7, 11) is 0. The third-order valence-corrected chi connectivity index (χ3v) is 4.44. The molecule has 166 valence electrons. The molecule has 1 aromatic carbocycles. The molecular weight excluding hydrogens is 435 g/mol. The highest BCUT2D eigenvalue weighted by molar-refractivity contribution is 6.44. The number of hydrogen-bond donors (Lipinski definition) is 0. The molecule has 0 heterocycles. The molecule has 0 unspecified atom stereocenters. The minimum atomic E-state index is -0.0477. The Morgan fingerprint density at radius 3 is 1.27 bits per heavy atom. The molecule has 0 aliphatic carbocycles. The van der Waals surface area contributed by atoms with Gasteiger partial charge in [0.2, 0.25) is 0 Å². The number of hydrogen-bond acceptors (Lipinski definition) is 8. The van der Waals surface area contributed by atoms with Crippen LogP contribution in [0.3, 0.4) is 0 Å². The van der Waals surface area contributed by atoms with E-state index in [1.807, 2.05) is 26.0 Å². The van der Waals surface area contributed by atoms with Crippen LogP contribution in [0.15, 0.2) is 0 Å². The Morgan fingerprint density at radius 2 is 0.933 bits per heavy atom. The maximum Gasteiger partial charge on any atom is 0.158 e. The molecule has 0 spiro atoms. The van der Waals surface area contributed by atoms with Gasteiger partial charge in [-0.2, -0.15) is 10.5 Å². The van der Waals surface area contributed by atoms with Crippen LogP contribution in [-0.4, -0.2) is 66.1 Å². The fourth-order valence-corrected chi connectivity index (χ4v) is 2.73. The Bertz CT molecular complexity index is 673. The Balaban J connectivity index is 2.75. The number of nitriles is 2. The van der Waals surface area contributed by atoms with E-state index in [2.05, 4.69) is 0 Å². The minimum absolute atomic E-state index is 0.00574. The minimum Gasteiger partial charge on any atom is -0.488 e. The molecule has 0 aromatic heterocycles. The van der Waals surface area contributed by atoms with Gasteiger partial charge >= 0.3 is 0 Å². The van der Waals surface area contributed by atoms with Gasteiger partial charge in [-0.25, -0.2) is 0 Å². The van der Waals surface area contributed by atoms with Gasteiger partial charge in [0.25, 0.3) is 0 Å². The van der Waals surface area contributed by atoms with Crippen molar-refractivity contribution in [3.63, 3.8) is 0 Å². The fourth-order valence-electron chi connectivity index (χ4n) is 2.26. The van der Waals surface area contributed by atoms with E-state index >= 15 is 0 Å². The summed E-state index contributed by atoms with van der Waals surface area (Å²) in [4.78, 5) is 0. The van der Waals surface area contributed by atoms with Gasteiger partial charge < -0.3 is 28.4 Å². The summed E-state index contributed by atoms with van der Waals surface area (Å²) in [6.45, 7) is 7.57. The molecule has 1 aromatic rings. The van der Waals surface area contributed by atoms with Crippen molar-refractivity contribution in [2.24, 2.45) is 0 Å². The van der Waals surface area contributed by atoms with Crippen LogP contribution in [0.4, 0.5) is 0 Å². The summed E-state index contributed by atoms with van der Waals surface area (Å²) in [6.07, 6.45) is 0. The molecule has 0 bridgehead atoms. The summed E-state index contributed by atoms with van der Waals surface area (Å²) in [5.41, 5.74) is -0.0954. The van der Waals surface area contributed by atoms with Crippen molar-refractivity contribution in [1.82, 2.24) is 0 Å². The first kappa shape index (κ1) is 26.3. The Kier molecular flexibility index (Phi) is 14.0. The third-order valence-electron chi connectivity index (χ3n) is 3.62. The second-order valence-electron chi connectivity index (χ2n) is 5.58. The third kappa shape index (κ3) is 8.53. The summed E-state index contributed by atoms with van der Waals surface area (Å²) < 4.78 is 32.2. The SMILES string of the molecule is CCOCCOCCOc1c(Cl)c(Cl)c(OCCOCCOCC)c(C#N)c1C#N. The maximum atomic E-state index is 9.54. The van der Waals surface area contributed by atoms with Crippen LogP contribution in [0.1, 0.15) is 25.0 Å². The van der Waals surface area contributed by atoms with Gasteiger partial charge in [-0.3, -0.25) is 0 Å². The van der Waals surface area contributed by atoms with Crippen LogP contribution in [-0.2, 0) is 18.9 Å². The van der Waals surface area contributed by atoms with Gasteiger partial charge in [0.05, 0.1) is 39.6 Å². The van der Waals surface area contributed by atoms with Gasteiger partial charge in [-0.05, 0) is 13.8 Å². The van der Waals surface area contributed by atoms with Crippen molar-refractivity contribution in [1.29, 1.82) is 10.5 Å². The van der Waals surface area contributed by atoms with Gasteiger partial charge in [0.15, 0.2) is 11.5 Å². The lowest BCUT2D eigenvalue weighted by molar-refractivity contribution is 0.0400. The van der Waals surface area contributed by atoms with Crippen LogP contribution < -0.4 is 9.47 Å². The highest BCUT2D eigenvalue weighted by Crippen LogP contribution is 2.44. The lowest BCUT2D eigenvalue weighted by Crippen LogP contribution is -2.13. The van der Waals surface area contributed by atoms with Crippen molar-refractivity contribution in [3.05, 3.63) is 21.2 Å². The summed E-state index contributed by atoms with van der Waals surface area (Å²) in [5.74, 6) is 0.0453. The van der Waals surface area contributed by atoms with Gasteiger partial charge in [-0.1, -0.05) is 23.2 Å². The zero-order chi connectivity index (χ0) is 22.2. The first-order chi connectivity index (χ1) is 14.6. The summed E-state index contributed by atoms with van der Waals surface area (Å²) in [6, 6.07) is 3.88. The van der Waals surface area contributed by atoms with Gasteiger partial charge in [0, 0.05) is 13.2 Å². The summed E-state index contributed by atoms with van der Waals surface area (Å²) >= 11 is 12.6. The topological polar surface area (TPSA) is 103 Å². The van der Waals surface area contributed by atoms with Gasteiger partial charge in [-0.15, -0.1) is 0 Å². The van der Waals surface area contributed by atoms with E-state index in [9.17, 15) is 10.5 Å². The lowest BCUT2D eigenvalue weighted by atomic mass is 10.1. The van der Waals surface area contributed by atoms with E-state index in [0.29, 0.717) is 39.6 Å². The fraction of sp³-hybridized carbons (Fsp3) is 0.600. The van der Waals surface area contributed by atoms with E-state index < -0.39 is 0 Å². The molecule has 0 saturated heterocycles. The standard InChI is InChI=1S/C20H26Cl2N2O6/c1-3-25-5-7-27-9-11-29-19-15(13-23)16(14-24)20(18(22)17(19)21)30-12-10-28-8-6-26-4-2/h3-12H2,1-2H3. The highest BCUT2D eigenvalue weighted by atomic mass is 35.5. The zero-order valence-corrected chi connectivity index (χ0v) is 18.7. The number of ether oxygens (including phenoxy) is 6. The first-order valence-electron chi connectivity index (χ1n) is 9.53. The number of halogens is 2. The highest BCUT2D eigenvalue weighted by Gasteiger charge is 2.25. The van der Waals surface area contributed by atoms with Crippen LogP contribution in [0, 0.1) is 22.7 Å². The van der Waals surface area contributed by atoms with Crippen molar-refractivity contribution in [3.8, 4) is 23.6 Å². The van der Waals surface area contributed by atoms with E-state index in [4.69, 9.17) is 51.6 Å². The van der Waals surface area contributed by atoms with E-state index in [1.165, 1.54) is 0 Å².